The van der Waals surface area contributed by atoms with Crippen molar-refractivity contribution in [2.24, 2.45) is 0 Å². The molecule has 0 radical (unpaired) electrons. The number of anilines is 1. The smallest absolute Gasteiger partial charge is 0.275 e. The first kappa shape index (κ1) is 17.9. The van der Waals surface area contributed by atoms with Crippen molar-refractivity contribution in [2.45, 2.75) is 20.8 Å². The predicted molar refractivity (Wildman–Crippen MR) is 108 cm³/mol. The highest BCUT2D eigenvalue weighted by molar-refractivity contribution is 14.1. The molecule has 0 bridgehead atoms. The first-order valence-corrected chi connectivity index (χ1v) is 9.08. The van der Waals surface area contributed by atoms with E-state index in [1.807, 2.05) is 45.0 Å². The Hall–Kier alpha value is -1.93. The fourth-order valence-electron chi connectivity index (χ4n) is 2.52. The van der Waals surface area contributed by atoms with Crippen LogP contribution in [0.4, 0.5) is 5.69 Å². The summed E-state index contributed by atoms with van der Waals surface area (Å²) < 4.78 is 2.80. The molecule has 7 heteroatoms. The van der Waals surface area contributed by atoms with E-state index in [0.717, 1.165) is 26.2 Å². The van der Waals surface area contributed by atoms with E-state index in [2.05, 4.69) is 38.0 Å². The summed E-state index contributed by atoms with van der Waals surface area (Å²) in [7, 11) is 0. The van der Waals surface area contributed by atoms with Crippen molar-refractivity contribution in [2.75, 3.05) is 5.32 Å². The van der Waals surface area contributed by atoms with Crippen molar-refractivity contribution in [3.8, 4) is 5.82 Å². The third-order valence-corrected chi connectivity index (χ3v) is 4.69. The first-order chi connectivity index (χ1) is 11.8. The lowest BCUT2D eigenvalue weighted by Crippen LogP contribution is -2.16. The number of halogens is 2. The van der Waals surface area contributed by atoms with E-state index in [4.69, 9.17) is 11.6 Å². The highest BCUT2D eigenvalue weighted by atomic mass is 127. The van der Waals surface area contributed by atoms with Crippen LogP contribution < -0.4 is 5.32 Å². The minimum atomic E-state index is -0.349. The number of hydrogen-bond donors (Lipinski definition) is 1. The standard InChI is InChI=1S/C18H16ClIN4O/c1-10-8-13(20)4-6-15(10)21-18(25)17-14(19)5-7-16(22-17)24-12(3)9-11(2)23-24/h4-9H,1-3H3,(H,21,25). The lowest BCUT2D eigenvalue weighted by atomic mass is 10.2. The summed E-state index contributed by atoms with van der Waals surface area (Å²) in [6, 6.07) is 11.2. The number of rotatable bonds is 3. The highest BCUT2D eigenvalue weighted by Gasteiger charge is 2.16. The fourth-order valence-corrected chi connectivity index (χ4v) is 3.36. The van der Waals surface area contributed by atoms with Gasteiger partial charge in [-0.05, 0) is 85.3 Å². The van der Waals surface area contributed by atoms with Gasteiger partial charge >= 0.3 is 0 Å². The van der Waals surface area contributed by atoms with Gasteiger partial charge in [0.25, 0.3) is 5.91 Å². The number of aromatic nitrogens is 3. The number of carbonyl (C=O) groups is 1. The Morgan fingerprint density at radius 3 is 2.56 bits per heavy atom. The van der Waals surface area contributed by atoms with Crippen LogP contribution >= 0.6 is 34.2 Å². The molecular formula is C18H16ClIN4O. The number of carbonyl (C=O) groups excluding carboxylic acids is 1. The maximum Gasteiger partial charge on any atom is 0.275 e. The van der Waals surface area contributed by atoms with Crippen LogP contribution in [0, 0.1) is 24.3 Å². The summed E-state index contributed by atoms with van der Waals surface area (Å²) in [5.41, 5.74) is 3.71. The third kappa shape index (κ3) is 3.85. The normalized spacial score (nSPS) is 10.8. The Balaban J connectivity index is 1.95. The number of nitrogens with one attached hydrogen (secondary N) is 1. The minimum absolute atomic E-state index is 0.171. The quantitative estimate of drug-likeness (QED) is 0.569. The SMILES string of the molecule is Cc1cc(C)n(-c2ccc(Cl)c(C(=O)Nc3ccc(I)cc3C)n2)n1. The van der Waals surface area contributed by atoms with Gasteiger partial charge in [-0.2, -0.15) is 5.10 Å². The number of amides is 1. The molecule has 0 aliphatic heterocycles. The van der Waals surface area contributed by atoms with Gasteiger partial charge in [-0.3, -0.25) is 4.79 Å². The molecule has 1 aromatic carbocycles. The second kappa shape index (κ2) is 7.13. The molecule has 0 unspecified atom stereocenters. The largest absolute Gasteiger partial charge is 0.320 e. The van der Waals surface area contributed by atoms with Crippen LogP contribution in [0.3, 0.4) is 0 Å². The monoisotopic (exact) mass is 466 g/mol. The summed E-state index contributed by atoms with van der Waals surface area (Å²) in [4.78, 5) is 17.1. The van der Waals surface area contributed by atoms with Gasteiger partial charge < -0.3 is 5.32 Å². The molecule has 0 aliphatic rings. The molecule has 5 nitrogen and oxygen atoms in total. The van der Waals surface area contributed by atoms with E-state index in [0.29, 0.717) is 10.8 Å². The van der Waals surface area contributed by atoms with E-state index >= 15 is 0 Å². The van der Waals surface area contributed by atoms with Crippen LogP contribution in [0.25, 0.3) is 5.82 Å². The van der Waals surface area contributed by atoms with E-state index in [1.54, 1.807) is 16.8 Å². The number of hydrogen-bond acceptors (Lipinski definition) is 3. The number of nitrogens with zero attached hydrogens (tertiary/aromatic N) is 3. The average molecular weight is 467 g/mol. The van der Waals surface area contributed by atoms with Crippen LogP contribution in [-0.2, 0) is 0 Å². The molecule has 128 valence electrons. The second-order valence-electron chi connectivity index (χ2n) is 5.75. The zero-order valence-electron chi connectivity index (χ0n) is 14.0. The zero-order valence-corrected chi connectivity index (χ0v) is 16.9. The number of benzene rings is 1. The first-order valence-electron chi connectivity index (χ1n) is 7.63. The van der Waals surface area contributed by atoms with Crippen LogP contribution in [0.5, 0.6) is 0 Å². The lowest BCUT2D eigenvalue weighted by Gasteiger charge is -2.11. The van der Waals surface area contributed by atoms with E-state index in [-0.39, 0.29) is 11.6 Å². The Morgan fingerprint density at radius 2 is 1.92 bits per heavy atom. The van der Waals surface area contributed by atoms with Gasteiger partial charge in [0.15, 0.2) is 5.82 Å². The van der Waals surface area contributed by atoms with Crippen LogP contribution in [-0.4, -0.2) is 20.7 Å². The van der Waals surface area contributed by atoms with Crippen molar-refractivity contribution < 1.29 is 4.79 Å². The number of aryl methyl sites for hydroxylation is 3. The van der Waals surface area contributed by atoms with Crippen molar-refractivity contribution in [3.05, 3.63) is 67.6 Å². The van der Waals surface area contributed by atoms with Crippen LogP contribution in [0.2, 0.25) is 5.02 Å². The summed E-state index contributed by atoms with van der Waals surface area (Å²) in [6.07, 6.45) is 0. The molecule has 0 saturated heterocycles. The lowest BCUT2D eigenvalue weighted by molar-refractivity contribution is 0.102. The Bertz CT molecular complexity index is 968. The van der Waals surface area contributed by atoms with Crippen molar-refractivity contribution in [1.82, 2.24) is 14.8 Å². The Morgan fingerprint density at radius 1 is 1.16 bits per heavy atom. The van der Waals surface area contributed by atoms with Crippen molar-refractivity contribution >= 4 is 45.8 Å². The molecule has 0 aliphatic carbocycles. The van der Waals surface area contributed by atoms with Crippen molar-refractivity contribution in [3.63, 3.8) is 0 Å². The molecule has 0 atom stereocenters. The summed E-state index contributed by atoms with van der Waals surface area (Å²) >= 11 is 8.43. The molecule has 2 aromatic heterocycles. The average Bonchev–Trinajstić information content (AvgIpc) is 2.89. The zero-order chi connectivity index (χ0) is 18.1. The summed E-state index contributed by atoms with van der Waals surface area (Å²) in [5.74, 6) is 0.206. The van der Waals surface area contributed by atoms with E-state index in [1.165, 1.54) is 0 Å². The van der Waals surface area contributed by atoms with Gasteiger partial charge in [-0.15, -0.1) is 0 Å². The minimum Gasteiger partial charge on any atom is -0.320 e. The van der Waals surface area contributed by atoms with Gasteiger partial charge in [0.2, 0.25) is 0 Å². The fraction of sp³-hybridized carbons (Fsp3) is 0.167. The Kier molecular flexibility index (Phi) is 5.10. The Labute approximate surface area is 164 Å². The maximum absolute atomic E-state index is 12.7. The molecule has 0 fully saturated rings. The third-order valence-electron chi connectivity index (χ3n) is 3.71. The highest BCUT2D eigenvalue weighted by Crippen LogP contribution is 2.22. The van der Waals surface area contributed by atoms with Gasteiger partial charge in [0, 0.05) is 15.0 Å². The topological polar surface area (TPSA) is 59.8 Å². The van der Waals surface area contributed by atoms with Gasteiger partial charge in [0.1, 0.15) is 5.69 Å². The van der Waals surface area contributed by atoms with E-state index < -0.39 is 0 Å². The number of pyridine rings is 1. The molecule has 3 rings (SSSR count). The molecular weight excluding hydrogens is 451 g/mol. The van der Waals surface area contributed by atoms with Crippen LogP contribution in [0.1, 0.15) is 27.4 Å². The van der Waals surface area contributed by atoms with Crippen LogP contribution in [0.15, 0.2) is 36.4 Å². The predicted octanol–water partition coefficient (Wildman–Crippen LogP) is 4.70. The molecule has 25 heavy (non-hydrogen) atoms. The summed E-state index contributed by atoms with van der Waals surface area (Å²) in [5, 5.41) is 7.57. The molecule has 1 N–H and O–H groups in total. The summed E-state index contributed by atoms with van der Waals surface area (Å²) in [6.45, 7) is 5.79. The van der Waals surface area contributed by atoms with Gasteiger partial charge in [0.05, 0.1) is 10.7 Å². The maximum atomic E-state index is 12.7. The van der Waals surface area contributed by atoms with Crippen molar-refractivity contribution in [1.29, 1.82) is 0 Å². The van der Waals surface area contributed by atoms with Gasteiger partial charge in [-0.25, -0.2) is 9.67 Å². The molecule has 0 saturated carbocycles. The molecule has 0 spiro atoms. The van der Waals surface area contributed by atoms with Gasteiger partial charge in [-0.1, -0.05) is 11.6 Å². The molecule has 1 amide bonds. The molecule has 2 heterocycles. The molecule has 3 aromatic rings. The van der Waals surface area contributed by atoms with E-state index in [9.17, 15) is 4.79 Å². The second-order valence-corrected chi connectivity index (χ2v) is 7.40.